The van der Waals surface area contributed by atoms with E-state index in [0.717, 1.165) is 15.6 Å². The summed E-state index contributed by atoms with van der Waals surface area (Å²) in [7, 11) is -0.612. The maximum Gasteiger partial charge on any atom is 0.257 e. The zero-order valence-electron chi connectivity index (χ0n) is 16.0. The third-order valence-corrected chi connectivity index (χ3v) is 6.81. The molecular weight excluding hydrogens is 398 g/mol. The summed E-state index contributed by atoms with van der Waals surface area (Å²) in [6.07, 6.45) is 0. The van der Waals surface area contributed by atoms with E-state index < -0.39 is 15.3 Å². The fourth-order valence-corrected chi connectivity index (χ4v) is 4.16. The highest BCUT2D eigenvalue weighted by molar-refractivity contribution is 8.00. The molecular formula is C19H21N3O4S2. The maximum absolute atomic E-state index is 12.4. The Labute approximate surface area is 168 Å². The number of sulfonamides is 1. The van der Waals surface area contributed by atoms with Crippen LogP contribution in [0.5, 0.6) is 0 Å². The molecule has 0 bridgehead atoms. The van der Waals surface area contributed by atoms with E-state index >= 15 is 0 Å². The minimum absolute atomic E-state index is 0.139. The Morgan fingerprint density at radius 1 is 1.21 bits per heavy atom. The average molecular weight is 420 g/mol. The first-order valence-corrected chi connectivity index (χ1v) is 10.9. The van der Waals surface area contributed by atoms with Gasteiger partial charge >= 0.3 is 0 Å². The van der Waals surface area contributed by atoms with Crippen LogP contribution in [0.15, 0.2) is 57.0 Å². The third-order valence-electron chi connectivity index (χ3n) is 4.05. The highest BCUT2D eigenvalue weighted by Gasteiger charge is 2.21. The molecule has 148 valence electrons. The number of oxazole rings is 1. The van der Waals surface area contributed by atoms with Gasteiger partial charge in [0.25, 0.3) is 5.22 Å². The number of nitrogens with one attached hydrogen (secondary N) is 1. The molecule has 1 aromatic heterocycles. The van der Waals surface area contributed by atoms with Gasteiger partial charge in [-0.05, 0) is 49.7 Å². The lowest BCUT2D eigenvalue weighted by atomic mass is 10.2. The minimum atomic E-state index is -3.55. The summed E-state index contributed by atoms with van der Waals surface area (Å²) in [5, 5.41) is 2.72. The fourth-order valence-electron chi connectivity index (χ4n) is 2.48. The van der Waals surface area contributed by atoms with E-state index in [0.29, 0.717) is 16.3 Å². The largest absolute Gasteiger partial charge is 0.431 e. The van der Waals surface area contributed by atoms with E-state index in [9.17, 15) is 13.2 Å². The Kier molecular flexibility index (Phi) is 5.78. The number of nitrogens with zero attached hydrogens (tertiary/aromatic N) is 2. The standard InChI is InChI=1S/C19H21N3O4S2/c1-12-6-5-7-14(10-12)20-18(23)13(2)27-19-21-16-11-15(8-9-17(16)26-19)28(24,25)22(3)4/h5-11,13H,1-4H3,(H,20,23)/t13-/m0/s1. The van der Waals surface area contributed by atoms with Crippen LogP contribution in [0, 0.1) is 6.92 Å². The molecule has 9 heteroatoms. The van der Waals surface area contributed by atoms with Crippen molar-refractivity contribution >= 4 is 44.5 Å². The molecule has 28 heavy (non-hydrogen) atoms. The summed E-state index contributed by atoms with van der Waals surface area (Å²) in [5.41, 5.74) is 2.68. The normalized spacial score (nSPS) is 13.0. The van der Waals surface area contributed by atoms with Crippen molar-refractivity contribution in [2.24, 2.45) is 0 Å². The van der Waals surface area contributed by atoms with Gasteiger partial charge in [-0.15, -0.1) is 0 Å². The Bertz CT molecular complexity index is 1120. The van der Waals surface area contributed by atoms with Gasteiger partial charge in [0.2, 0.25) is 15.9 Å². The van der Waals surface area contributed by atoms with Gasteiger partial charge in [0.05, 0.1) is 10.1 Å². The van der Waals surface area contributed by atoms with Crippen LogP contribution in [0.2, 0.25) is 0 Å². The van der Waals surface area contributed by atoms with Crippen LogP contribution >= 0.6 is 11.8 Å². The van der Waals surface area contributed by atoms with E-state index in [1.54, 1.807) is 13.0 Å². The molecule has 0 spiro atoms. The Hall–Kier alpha value is -2.36. The van der Waals surface area contributed by atoms with Crippen molar-refractivity contribution in [1.82, 2.24) is 9.29 Å². The lowest BCUT2D eigenvalue weighted by Crippen LogP contribution is -2.22. The van der Waals surface area contributed by atoms with E-state index in [4.69, 9.17) is 4.42 Å². The highest BCUT2D eigenvalue weighted by Crippen LogP contribution is 2.29. The number of aryl methyl sites for hydroxylation is 1. The molecule has 2 aromatic carbocycles. The van der Waals surface area contributed by atoms with Gasteiger partial charge in [-0.1, -0.05) is 23.9 Å². The number of thioether (sulfide) groups is 1. The Morgan fingerprint density at radius 3 is 2.64 bits per heavy atom. The van der Waals surface area contributed by atoms with Crippen LogP contribution in [-0.4, -0.2) is 43.0 Å². The number of hydrogen-bond acceptors (Lipinski definition) is 6. The van der Waals surface area contributed by atoms with Crippen molar-refractivity contribution in [3.8, 4) is 0 Å². The predicted octanol–water partition coefficient (Wildman–Crippen LogP) is 3.51. The average Bonchev–Trinajstić information content (AvgIpc) is 3.02. The van der Waals surface area contributed by atoms with Crippen LogP contribution < -0.4 is 5.32 Å². The van der Waals surface area contributed by atoms with Crippen LogP contribution in [0.3, 0.4) is 0 Å². The zero-order valence-corrected chi connectivity index (χ0v) is 17.6. The molecule has 0 aliphatic heterocycles. The number of hydrogen-bond donors (Lipinski definition) is 1. The van der Waals surface area contributed by atoms with E-state index in [2.05, 4.69) is 10.3 Å². The molecule has 0 aliphatic rings. The molecule has 1 amide bonds. The van der Waals surface area contributed by atoms with Gasteiger partial charge in [-0.2, -0.15) is 0 Å². The minimum Gasteiger partial charge on any atom is -0.431 e. The highest BCUT2D eigenvalue weighted by atomic mass is 32.2. The molecule has 3 aromatic rings. The van der Waals surface area contributed by atoms with Gasteiger partial charge in [-0.3, -0.25) is 4.79 Å². The second-order valence-electron chi connectivity index (χ2n) is 6.52. The molecule has 1 atom stereocenters. The van der Waals surface area contributed by atoms with Gasteiger partial charge in [0, 0.05) is 19.8 Å². The summed E-state index contributed by atoms with van der Waals surface area (Å²) >= 11 is 1.17. The first-order chi connectivity index (χ1) is 13.2. The first kappa shape index (κ1) is 20.4. The molecule has 0 radical (unpaired) electrons. The van der Waals surface area contributed by atoms with E-state index in [-0.39, 0.29) is 10.8 Å². The van der Waals surface area contributed by atoms with Gasteiger partial charge in [0.15, 0.2) is 5.58 Å². The zero-order chi connectivity index (χ0) is 20.5. The van der Waals surface area contributed by atoms with Crippen molar-refractivity contribution in [3.63, 3.8) is 0 Å². The maximum atomic E-state index is 12.4. The summed E-state index contributed by atoms with van der Waals surface area (Å²) in [6, 6.07) is 12.1. The first-order valence-electron chi connectivity index (χ1n) is 8.54. The smallest absolute Gasteiger partial charge is 0.257 e. The molecule has 7 nitrogen and oxygen atoms in total. The summed E-state index contributed by atoms with van der Waals surface area (Å²) in [5.74, 6) is -0.172. The SMILES string of the molecule is Cc1cccc(NC(=O)[C@H](C)Sc2nc3cc(S(=O)(=O)N(C)C)ccc3o2)c1. The van der Waals surface area contributed by atoms with E-state index in [1.807, 2.05) is 31.2 Å². The van der Waals surface area contributed by atoms with Crippen molar-refractivity contribution in [2.75, 3.05) is 19.4 Å². The molecule has 1 N–H and O–H groups in total. The molecule has 0 saturated carbocycles. The fraction of sp³-hybridized carbons (Fsp3) is 0.263. The molecule has 0 saturated heterocycles. The molecule has 0 fully saturated rings. The second-order valence-corrected chi connectivity index (χ2v) is 9.96. The Balaban J connectivity index is 1.76. The number of aromatic nitrogens is 1. The summed E-state index contributed by atoms with van der Waals surface area (Å²) in [4.78, 5) is 16.9. The van der Waals surface area contributed by atoms with Crippen molar-refractivity contribution < 1.29 is 17.6 Å². The lowest BCUT2D eigenvalue weighted by molar-refractivity contribution is -0.115. The number of anilines is 1. The molecule has 3 rings (SSSR count). The summed E-state index contributed by atoms with van der Waals surface area (Å²) < 4.78 is 31.3. The summed E-state index contributed by atoms with van der Waals surface area (Å²) in [6.45, 7) is 3.71. The topological polar surface area (TPSA) is 92.5 Å². The van der Waals surface area contributed by atoms with Crippen LogP contribution in [-0.2, 0) is 14.8 Å². The molecule has 0 unspecified atom stereocenters. The number of amides is 1. The van der Waals surface area contributed by atoms with Crippen molar-refractivity contribution in [2.45, 2.75) is 29.2 Å². The van der Waals surface area contributed by atoms with Crippen LogP contribution in [0.25, 0.3) is 11.1 Å². The third kappa shape index (κ3) is 4.37. The van der Waals surface area contributed by atoms with Gasteiger partial charge in [0.1, 0.15) is 5.52 Å². The van der Waals surface area contributed by atoms with Crippen LogP contribution in [0.1, 0.15) is 12.5 Å². The quantitative estimate of drug-likeness (QED) is 0.615. The number of fused-ring (bicyclic) bond motifs is 1. The van der Waals surface area contributed by atoms with Crippen LogP contribution in [0.4, 0.5) is 5.69 Å². The Morgan fingerprint density at radius 2 is 1.96 bits per heavy atom. The van der Waals surface area contributed by atoms with Crippen molar-refractivity contribution in [1.29, 1.82) is 0 Å². The second kappa shape index (κ2) is 7.94. The lowest BCUT2D eigenvalue weighted by Gasteiger charge is -2.10. The van der Waals surface area contributed by atoms with Gasteiger partial charge in [-0.25, -0.2) is 17.7 Å². The number of rotatable bonds is 6. The number of carbonyl (C=O) groups excluding carboxylic acids is 1. The van der Waals surface area contributed by atoms with E-state index in [1.165, 1.54) is 38.0 Å². The van der Waals surface area contributed by atoms with Gasteiger partial charge < -0.3 is 9.73 Å². The monoisotopic (exact) mass is 419 g/mol. The number of carbonyl (C=O) groups is 1. The predicted molar refractivity (Wildman–Crippen MR) is 110 cm³/mol. The number of benzene rings is 2. The molecule has 1 heterocycles. The van der Waals surface area contributed by atoms with Crippen molar-refractivity contribution in [3.05, 3.63) is 48.0 Å². The molecule has 0 aliphatic carbocycles.